The Kier molecular flexibility index (Phi) is 5.06. The molecular weight excluding hydrogens is 394 g/mol. The van der Waals surface area contributed by atoms with E-state index in [0.717, 1.165) is 54.1 Å². The number of amides is 1. The quantitative estimate of drug-likeness (QED) is 0.671. The highest BCUT2D eigenvalue weighted by atomic mass is 32.1. The first-order valence-electron chi connectivity index (χ1n) is 10.8. The van der Waals surface area contributed by atoms with E-state index in [1.807, 2.05) is 19.1 Å². The van der Waals surface area contributed by atoms with E-state index in [2.05, 4.69) is 27.3 Å². The van der Waals surface area contributed by atoms with Crippen molar-refractivity contribution in [2.75, 3.05) is 23.7 Å². The number of hydrogen-bond donors (Lipinski definition) is 2. The Morgan fingerprint density at radius 1 is 1.17 bits per heavy atom. The minimum absolute atomic E-state index is 0.0977. The van der Waals surface area contributed by atoms with Gasteiger partial charge in [0.05, 0.1) is 5.69 Å². The number of fused-ring (bicyclic) bond motifs is 2. The summed E-state index contributed by atoms with van der Waals surface area (Å²) >= 11 is 1.37. The zero-order chi connectivity index (χ0) is 20.7. The Balaban J connectivity index is 1.29. The summed E-state index contributed by atoms with van der Waals surface area (Å²) in [7, 11) is 0. The molecule has 6 nitrogen and oxygen atoms in total. The van der Waals surface area contributed by atoms with Gasteiger partial charge in [0.2, 0.25) is 0 Å². The highest BCUT2D eigenvalue weighted by molar-refractivity contribution is 7.21. The summed E-state index contributed by atoms with van der Waals surface area (Å²) in [6.45, 7) is 4.16. The van der Waals surface area contributed by atoms with Crippen LogP contribution in [0.3, 0.4) is 0 Å². The van der Waals surface area contributed by atoms with Crippen molar-refractivity contribution < 1.29 is 4.79 Å². The van der Waals surface area contributed by atoms with Crippen molar-refractivity contribution in [3.8, 4) is 0 Å². The Morgan fingerprint density at radius 2 is 2.00 bits per heavy atom. The van der Waals surface area contributed by atoms with Crippen LogP contribution in [0, 0.1) is 6.92 Å². The summed E-state index contributed by atoms with van der Waals surface area (Å²) < 4.78 is 0. The number of nitrogens with two attached hydrogens (primary N) is 1. The van der Waals surface area contributed by atoms with E-state index in [0.29, 0.717) is 10.6 Å². The maximum absolute atomic E-state index is 12.9. The van der Waals surface area contributed by atoms with Gasteiger partial charge in [0, 0.05) is 35.9 Å². The Morgan fingerprint density at radius 3 is 2.83 bits per heavy atom. The number of carbonyl (C=O) groups is 1. The molecule has 156 valence electrons. The van der Waals surface area contributed by atoms with Crippen LogP contribution in [-0.4, -0.2) is 35.0 Å². The van der Waals surface area contributed by atoms with Crippen molar-refractivity contribution in [3.63, 3.8) is 0 Å². The number of nitrogens with one attached hydrogen (secondary N) is 1. The van der Waals surface area contributed by atoms with E-state index < -0.39 is 0 Å². The second kappa shape index (κ2) is 7.87. The molecule has 0 saturated carbocycles. The summed E-state index contributed by atoms with van der Waals surface area (Å²) in [6, 6.07) is 8.32. The average molecular weight is 422 g/mol. The predicted molar refractivity (Wildman–Crippen MR) is 122 cm³/mol. The van der Waals surface area contributed by atoms with Gasteiger partial charge in [0.15, 0.2) is 0 Å². The zero-order valence-electron chi connectivity index (χ0n) is 17.3. The first-order chi connectivity index (χ1) is 14.6. The normalized spacial score (nSPS) is 19.0. The number of carbonyl (C=O) groups excluding carboxylic acids is 1. The summed E-state index contributed by atoms with van der Waals surface area (Å²) in [4.78, 5) is 26.2. The number of nitrogen functional groups attached to an aromatic ring is 1. The van der Waals surface area contributed by atoms with Gasteiger partial charge >= 0.3 is 0 Å². The van der Waals surface area contributed by atoms with Crippen LogP contribution in [0.15, 0.2) is 24.3 Å². The lowest BCUT2D eigenvalue weighted by Gasteiger charge is -2.30. The molecule has 2 aliphatic rings. The smallest absolute Gasteiger partial charge is 0.263 e. The van der Waals surface area contributed by atoms with E-state index in [-0.39, 0.29) is 11.9 Å². The molecule has 0 aromatic carbocycles. The van der Waals surface area contributed by atoms with Crippen LogP contribution in [0.1, 0.15) is 52.3 Å². The summed E-state index contributed by atoms with van der Waals surface area (Å²) in [5.74, 6) is 1.01. The molecule has 0 spiro atoms. The maximum atomic E-state index is 12.9. The van der Waals surface area contributed by atoms with Crippen molar-refractivity contribution in [1.29, 1.82) is 0 Å². The topological polar surface area (TPSA) is 84.1 Å². The molecule has 7 heteroatoms. The van der Waals surface area contributed by atoms with Gasteiger partial charge in [-0.3, -0.25) is 4.79 Å². The molecular formula is C23H27N5OS. The molecule has 3 aromatic rings. The van der Waals surface area contributed by atoms with Crippen LogP contribution in [-0.2, 0) is 12.8 Å². The third-order valence-electron chi connectivity index (χ3n) is 6.20. The van der Waals surface area contributed by atoms with Crippen LogP contribution in [0.4, 0.5) is 11.5 Å². The molecule has 30 heavy (non-hydrogen) atoms. The lowest BCUT2D eigenvalue weighted by molar-refractivity contribution is 0.0938. The van der Waals surface area contributed by atoms with Crippen molar-refractivity contribution in [2.24, 2.45) is 0 Å². The van der Waals surface area contributed by atoms with Crippen molar-refractivity contribution in [2.45, 2.75) is 51.5 Å². The fraction of sp³-hybridized carbons (Fsp3) is 0.435. The molecule has 4 heterocycles. The second-order valence-corrected chi connectivity index (χ2v) is 9.39. The summed E-state index contributed by atoms with van der Waals surface area (Å²) in [6.07, 6.45) is 6.44. The molecule has 0 radical (unpaired) electrons. The van der Waals surface area contributed by atoms with Crippen molar-refractivity contribution in [1.82, 2.24) is 15.3 Å². The van der Waals surface area contributed by atoms with Crippen molar-refractivity contribution >= 4 is 39.0 Å². The lowest BCUT2D eigenvalue weighted by Crippen LogP contribution is -2.39. The van der Waals surface area contributed by atoms with E-state index in [4.69, 9.17) is 10.7 Å². The number of piperidine rings is 1. The van der Waals surface area contributed by atoms with Crippen LogP contribution in [0.5, 0.6) is 0 Å². The molecule has 3 N–H and O–H groups in total. The average Bonchev–Trinajstić information content (AvgIpc) is 3.09. The minimum Gasteiger partial charge on any atom is -0.397 e. The van der Waals surface area contributed by atoms with Crippen LogP contribution < -0.4 is 16.0 Å². The summed E-state index contributed by atoms with van der Waals surface area (Å²) in [5, 5.41) is 4.06. The first-order valence-corrected chi connectivity index (χ1v) is 11.6. The maximum Gasteiger partial charge on any atom is 0.263 e. The fourth-order valence-electron chi connectivity index (χ4n) is 4.53. The number of rotatable bonds is 3. The lowest BCUT2D eigenvalue weighted by atomic mass is 9.91. The highest BCUT2D eigenvalue weighted by Gasteiger charge is 2.25. The molecule has 3 aromatic heterocycles. The molecule has 1 saturated heterocycles. The number of pyridine rings is 2. The number of thiophene rings is 1. The molecule has 5 rings (SSSR count). The van der Waals surface area contributed by atoms with E-state index >= 15 is 0 Å². The number of aromatic nitrogens is 2. The molecule has 1 amide bonds. The van der Waals surface area contributed by atoms with Gasteiger partial charge in [-0.15, -0.1) is 11.3 Å². The van der Waals surface area contributed by atoms with Gasteiger partial charge < -0.3 is 16.0 Å². The molecule has 1 atom stereocenters. The Hall–Kier alpha value is -2.67. The third-order valence-corrected chi connectivity index (χ3v) is 7.32. The second-order valence-electron chi connectivity index (χ2n) is 8.39. The molecule has 1 aliphatic carbocycles. The van der Waals surface area contributed by atoms with Crippen LogP contribution in [0.25, 0.3) is 10.2 Å². The van der Waals surface area contributed by atoms with Gasteiger partial charge in [0.25, 0.3) is 5.91 Å². The van der Waals surface area contributed by atoms with E-state index in [1.54, 1.807) is 0 Å². The summed E-state index contributed by atoms with van der Waals surface area (Å²) in [5.41, 5.74) is 10.1. The third kappa shape index (κ3) is 3.62. The Bertz CT molecular complexity index is 1100. The van der Waals surface area contributed by atoms with Crippen LogP contribution in [0.2, 0.25) is 0 Å². The molecule has 0 unspecified atom stereocenters. The fourth-order valence-corrected chi connectivity index (χ4v) is 5.57. The highest BCUT2D eigenvalue weighted by Crippen LogP contribution is 2.33. The molecule has 0 bridgehead atoms. The molecule has 1 aliphatic heterocycles. The SMILES string of the molecule is Cc1ccc2c(N)c(C(=O)N[C@H]3CCc4nc(N5CCCCC5)ccc4C3)sc2n1. The molecule has 1 fully saturated rings. The van der Waals surface area contributed by atoms with Gasteiger partial charge in [-0.25, -0.2) is 9.97 Å². The minimum atomic E-state index is -0.0977. The van der Waals surface area contributed by atoms with Gasteiger partial charge in [-0.05, 0) is 69.2 Å². The monoisotopic (exact) mass is 421 g/mol. The van der Waals surface area contributed by atoms with E-state index in [1.165, 1.54) is 41.9 Å². The van der Waals surface area contributed by atoms with E-state index in [9.17, 15) is 4.79 Å². The first kappa shape index (κ1) is 19.3. The predicted octanol–water partition coefficient (Wildman–Crippen LogP) is 3.86. The number of anilines is 2. The standard InChI is InChI=1S/C23H27N5OS/c1-14-5-8-17-20(24)21(30-23(17)25-14)22(29)26-16-7-9-18-15(13-16)6-10-19(27-18)28-11-3-2-4-12-28/h5-6,8,10,16H,2-4,7,9,11-13,24H2,1H3,(H,26,29)/t16-/m0/s1. The number of hydrogen-bond acceptors (Lipinski definition) is 6. The Labute approximate surface area is 180 Å². The number of aryl methyl sites for hydroxylation is 2. The van der Waals surface area contributed by atoms with Crippen LogP contribution >= 0.6 is 11.3 Å². The number of nitrogens with zero attached hydrogens (tertiary/aromatic N) is 3. The zero-order valence-corrected chi connectivity index (χ0v) is 18.1. The van der Waals surface area contributed by atoms with Gasteiger partial charge in [-0.2, -0.15) is 0 Å². The van der Waals surface area contributed by atoms with Gasteiger partial charge in [0.1, 0.15) is 15.5 Å². The van der Waals surface area contributed by atoms with Gasteiger partial charge in [-0.1, -0.05) is 6.07 Å². The largest absolute Gasteiger partial charge is 0.397 e. The van der Waals surface area contributed by atoms with Crippen molar-refractivity contribution in [3.05, 3.63) is 46.1 Å².